The van der Waals surface area contributed by atoms with Crippen LogP contribution in [0.25, 0.3) is 0 Å². The van der Waals surface area contributed by atoms with E-state index in [9.17, 15) is 4.79 Å². The van der Waals surface area contributed by atoms with E-state index in [1.165, 1.54) is 0 Å². The molecule has 4 heteroatoms. The van der Waals surface area contributed by atoms with Gasteiger partial charge in [0.15, 0.2) is 0 Å². The lowest BCUT2D eigenvalue weighted by Crippen LogP contribution is -2.47. The summed E-state index contributed by atoms with van der Waals surface area (Å²) in [5.41, 5.74) is 0.275. The van der Waals surface area contributed by atoms with Crippen LogP contribution in [0.2, 0.25) is 0 Å². The molecule has 2 N–H and O–H groups in total. The van der Waals surface area contributed by atoms with Gasteiger partial charge in [-0.3, -0.25) is 4.79 Å². The number of halogens is 1. The molecule has 0 aliphatic rings. The third-order valence-corrected chi connectivity index (χ3v) is 2.95. The Hall–Kier alpha value is -0.620. The van der Waals surface area contributed by atoms with Crippen molar-refractivity contribution < 1.29 is 4.79 Å². The van der Waals surface area contributed by atoms with Crippen LogP contribution in [0.15, 0.2) is 24.3 Å². The van der Waals surface area contributed by atoms with Gasteiger partial charge in [0.05, 0.1) is 5.54 Å². The zero-order chi connectivity index (χ0) is 11.5. The van der Waals surface area contributed by atoms with Gasteiger partial charge in [-0.25, -0.2) is 0 Å². The second-order valence-corrected chi connectivity index (χ2v) is 5.09. The minimum atomic E-state index is -0.554. The summed E-state index contributed by atoms with van der Waals surface area (Å²) in [6, 6.07) is 7.72. The van der Waals surface area contributed by atoms with Crippen LogP contribution in [0.1, 0.15) is 13.8 Å². The van der Waals surface area contributed by atoms with Crippen LogP contribution < -0.4 is 10.6 Å². The first-order valence-corrected chi connectivity index (χ1v) is 5.79. The summed E-state index contributed by atoms with van der Waals surface area (Å²) >= 11 is 2.22. The van der Waals surface area contributed by atoms with E-state index in [0.29, 0.717) is 0 Å². The van der Waals surface area contributed by atoms with Crippen LogP contribution in [-0.2, 0) is 4.79 Å². The molecule has 1 amide bonds. The van der Waals surface area contributed by atoms with Crippen molar-refractivity contribution in [2.75, 3.05) is 12.4 Å². The van der Waals surface area contributed by atoms with Crippen LogP contribution in [0.4, 0.5) is 5.69 Å². The molecule has 82 valence electrons. The van der Waals surface area contributed by atoms with Gasteiger partial charge in [0.1, 0.15) is 0 Å². The van der Waals surface area contributed by atoms with E-state index in [0.717, 1.165) is 9.26 Å². The van der Waals surface area contributed by atoms with Crippen molar-refractivity contribution >= 4 is 34.2 Å². The highest BCUT2D eigenvalue weighted by Gasteiger charge is 2.24. The van der Waals surface area contributed by atoms with E-state index in [-0.39, 0.29) is 5.91 Å². The minimum absolute atomic E-state index is 0.0352. The Kier molecular flexibility index (Phi) is 4.10. The van der Waals surface area contributed by atoms with Gasteiger partial charge in [-0.15, -0.1) is 0 Å². The number of carbonyl (C=O) groups excluding carboxylic acids is 1. The molecule has 0 radical (unpaired) electrons. The highest BCUT2D eigenvalue weighted by atomic mass is 127. The largest absolute Gasteiger partial charge is 0.324 e. The quantitative estimate of drug-likeness (QED) is 0.839. The second kappa shape index (κ2) is 4.94. The molecular weight excluding hydrogens is 303 g/mol. The summed E-state index contributed by atoms with van der Waals surface area (Å²) in [4.78, 5) is 11.8. The van der Waals surface area contributed by atoms with Gasteiger partial charge in [0, 0.05) is 9.26 Å². The fraction of sp³-hybridized carbons (Fsp3) is 0.364. The SMILES string of the molecule is CNC(C)(C)C(=O)Nc1cccc(I)c1. The van der Waals surface area contributed by atoms with E-state index in [1.54, 1.807) is 7.05 Å². The van der Waals surface area contributed by atoms with Crippen LogP contribution in [-0.4, -0.2) is 18.5 Å². The number of likely N-dealkylation sites (N-methyl/N-ethyl adjacent to an activating group) is 1. The molecule has 0 atom stereocenters. The Morgan fingerprint density at radius 3 is 2.60 bits per heavy atom. The highest BCUT2D eigenvalue weighted by molar-refractivity contribution is 14.1. The van der Waals surface area contributed by atoms with Gasteiger partial charge in [-0.1, -0.05) is 6.07 Å². The number of nitrogens with one attached hydrogen (secondary N) is 2. The first kappa shape index (κ1) is 12.4. The van der Waals surface area contributed by atoms with E-state index < -0.39 is 5.54 Å². The number of carbonyl (C=O) groups is 1. The fourth-order valence-electron chi connectivity index (χ4n) is 0.967. The van der Waals surface area contributed by atoms with E-state index in [1.807, 2.05) is 38.1 Å². The Morgan fingerprint density at radius 1 is 1.40 bits per heavy atom. The maximum absolute atomic E-state index is 11.8. The van der Waals surface area contributed by atoms with Gasteiger partial charge in [0.25, 0.3) is 0 Å². The number of benzene rings is 1. The average Bonchev–Trinajstić information content (AvgIpc) is 2.17. The Balaban J connectivity index is 2.75. The van der Waals surface area contributed by atoms with Crippen molar-refractivity contribution in [1.82, 2.24) is 5.32 Å². The monoisotopic (exact) mass is 318 g/mol. The predicted octanol–water partition coefficient (Wildman–Crippen LogP) is 2.23. The Labute approximate surface area is 104 Å². The zero-order valence-corrected chi connectivity index (χ0v) is 11.3. The predicted molar refractivity (Wildman–Crippen MR) is 70.9 cm³/mol. The first-order chi connectivity index (χ1) is 6.95. The van der Waals surface area contributed by atoms with Crippen molar-refractivity contribution in [3.8, 4) is 0 Å². The van der Waals surface area contributed by atoms with E-state index >= 15 is 0 Å². The average molecular weight is 318 g/mol. The summed E-state index contributed by atoms with van der Waals surface area (Å²) in [6.07, 6.45) is 0. The smallest absolute Gasteiger partial charge is 0.244 e. The van der Waals surface area contributed by atoms with Crippen LogP contribution in [0.5, 0.6) is 0 Å². The number of amides is 1. The molecule has 0 aliphatic carbocycles. The maximum Gasteiger partial charge on any atom is 0.244 e. The normalized spacial score (nSPS) is 11.2. The Morgan fingerprint density at radius 2 is 2.07 bits per heavy atom. The molecule has 0 heterocycles. The molecule has 0 saturated heterocycles. The lowest BCUT2D eigenvalue weighted by atomic mass is 10.1. The third kappa shape index (κ3) is 3.46. The molecule has 0 aliphatic heterocycles. The van der Waals surface area contributed by atoms with Gasteiger partial charge < -0.3 is 10.6 Å². The number of rotatable bonds is 3. The summed E-state index contributed by atoms with van der Waals surface area (Å²) < 4.78 is 1.10. The molecule has 1 aromatic rings. The number of hydrogen-bond donors (Lipinski definition) is 2. The molecule has 15 heavy (non-hydrogen) atoms. The van der Waals surface area contributed by atoms with Gasteiger partial charge in [0.2, 0.25) is 5.91 Å². The van der Waals surface area contributed by atoms with Crippen molar-refractivity contribution in [3.63, 3.8) is 0 Å². The number of hydrogen-bond acceptors (Lipinski definition) is 2. The zero-order valence-electron chi connectivity index (χ0n) is 9.10. The van der Waals surface area contributed by atoms with Gasteiger partial charge >= 0.3 is 0 Å². The highest BCUT2D eigenvalue weighted by Crippen LogP contribution is 2.14. The Bertz CT molecular complexity index is 363. The van der Waals surface area contributed by atoms with E-state index in [2.05, 4.69) is 33.2 Å². The van der Waals surface area contributed by atoms with E-state index in [4.69, 9.17) is 0 Å². The third-order valence-electron chi connectivity index (χ3n) is 2.28. The van der Waals surface area contributed by atoms with Crippen molar-refractivity contribution in [2.24, 2.45) is 0 Å². The molecule has 0 fully saturated rings. The molecule has 3 nitrogen and oxygen atoms in total. The maximum atomic E-state index is 11.8. The fourth-order valence-corrected chi connectivity index (χ4v) is 1.51. The minimum Gasteiger partial charge on any atom is -0.324 e. The lowest BCUT2D eigenvalue weighted by molar-refractivity contribution is -0.121. The summed E-state index contributed by atoms with van der Waals surface area (Å²) in [5, 5.41) is 5.83. The summed E-state index contributed by atoms with van der Waals surface area (Å²) in [5.74, 6) is -0.0352. The summed E-state index contributed by atoms with van der Waals surface area (Å²) in [7, 11) is 1.77. The van der Waals surface area contributed by atoms with Crippen LogP contribution >= 0.6 is 22.6 Å². The first-order valence-electron chi connectivity index (χ1n) is 4.71. The van der Waals surface area contributed by atoms with Crippen molar-refractivity contribution in [2.45, 2.75) is 19.4 Å². The molecule has 0 bridgehead atoms. The van der Waals surface area contributed by atoms with Gasteiger partial charge in [-0.2, -0.15) is 0 Å². The van der Waals surface area contributed by atoms with Gasteiger partial charge in [-0.05, 0) is 61.7 Å². The molecule has 0 spiro atoms. The van der Waals surface area contributed by atoms with Crippen molar-refractivity contribution in [1.29, 1.82) is 0 Å². The van der Waals surface area contributed by atoms with Crippen LogP contribution in [0, 0.1) is 3.57 Å². The molecule has 1 rings (SSSR count). The molecule has 0 saturated carbocycles. The topological polar surface area (TPSA) is 41.1 Å². The number of anilines is 1. The van der Waals surface area contributed by atoms with Crippen LogP contribution in [0.3, 0.4) is 0 Å². The van der Waals surface area contributed by atoms with Crippen molar-refractivity contribution in [3.05, 3.63) is 27.8 Å². The molecule has 0 unspecified atom stereocenters. The summed E-state index contributed by atoms with van der Waals surface area (Å²) in [6.45, 7) is 3.69. The standard InChI is InChI=1S/C11H15IN2O/c1-11(2,13-3)10(15)14-9-6-4-5-8(12)7-9/h4-7,13H,1-3H3,(H,14,15). The molecular formula is C11H15IN2O. The second-order valence-electron chi connectivity index (χ2n) is 3.84. The lowest BCUT2D eigenvalue weighted by Gasteiger charge is -2.22. The molecule has 1 aromatic carbocycles. The molecule has 0 aromatic heterocycles.